The van der Waals surface area contributed by atoms with Crippen LogP contribution in [0.25, 0.3) is 0 Å². The van der Waals surface area contributed by atoms with Crippen LogP contribution in [0.3, 0.4) is 0 Å². The van der Waals surface area contributed by atoms with E-state index in [1.807, 2.05) is 0 Å². The third kappa shape index (κ3) is 7.75. The van der Waals surface area contributed by atoms with Crippen LogP contribution < -0.4 is 18.9 Å². The molecule has 0 aliphatic rings. The molecule has 10 heteroatoms. The van der Waals surface area contributed by atoms with E-state index in [2.05, 4.69) is 9.44 Å². The summed E-state index contributed by atoms with van der Waals surface area (Å²) in [5.41, 5.74) is 0.794. The lowest BCUT2D eigenvalue weighted by Crippen LogP contribution is -2.18. The number of methoxy groups -OCH3 is 2. The van der Waals surface area contributed by atoms with Crippen molar-refractivity contribution in [2.75, 3.05) is 35.2 Å². The minimum Gasteiger partial charge on any atom is -0.495 e. The summed E-state index contributed by atoms with van der Waals surface area (Å²) in [4.78, 5) is 0. The van der Waals surface area contributed by atoms with Gasteiger partial charge in [-0.05, 0) is 37.1 Å². The SMILES string of the molecule is COc1ccccc1NS(=O)(=O)CCCCCCS(=O)(=O)Nc1ccccc1OC. The fourth-order valence-electron chi connectivity index (χ4n) is 2.83. The molecule has 0 saturated heterocycles. The quantitative estimate of drug-likeness (QED) is 0.447. The highest BCUT2D eigenvalue weighted by molar-refractivity contribution is 7.92. The number of nitrogens with one attached hydrogen (secondary N) is 2. The molecule has 2 rings (SSSR count). The molecule has 166 valence electrons. The maximum atomic E-state index is 12.2. The number of benzene rings is 2. The fraction of sp³-hybridized carbons (Fsp3) is 0.400. The predicted molar refractivity (Wildman–Crippen MR) is 119 cm³/mol. The molecular weight excluding hydrogens is 428 g/mol. The highest BCUT2D eigenvalue weighted by Crippen LogP contribution is 2.25. The zero-order valence-corrected chi connectivity index (χ0v) is 18.8. The van der Waals surface area contributed by atoms with Gasteiger partial charge in [-0.3, -0.25) is 9.44 Å². The van der Waals surface area contributed by atoms with Crippen LogP contribution >= 0.6 is 0 Å². The Bertz CT molecular complexity index is 940. The monoisotopic (exact) mass is 456 g/mol. The third-order valence-corrected chi connectivity index (χ3v) is 7.04. The van der Waals surface area contributed by atoms with E-state index < -0.39 is 20.0 Å². The van der Waals surface area contributed by atoms with Gasteiger partial charge in [-0.15, -0.1) is 0 Å². The van der Waals surface area contributed by atoms with E-state index >= 15 is 0 Å². The summed E-state index contributed by atoms with van der Waals surface area (Å²) in [5, 5.41) is 0. The first-order valence-corrected chi connectivity index (χ1v) is 12.8. The van der Waals surface area contributed by atoms with Gasteiger partial charge in [-0.25, -0.2) is 16.8 Å². The van der Waals surface area contributed by atoms with Gasteiger partial charge in [-0.2, -0.15) is 0 Å². The molecule has 30 heavy (non-hydrogen) atoms. The molecule has 0 unspecified atom stereocenters. The molecule has 0 atom stereocenters. The van der Waals surface area contributed by atoms with Crippen molar-refractivity contribution in [1.29, 1.82) is 0 Å². The first kappa shape index (κ1) is 23.8. The number of hydrogen-bond acceptors (Lipinski definition) is 6. The van der Waals surface area contributed by atoms with E-state index in [0.717, 1.165) is 0 Å². The summed E-state index contributed by atoms with van der Waals surface area (Å²) in [5.74, 6) is 0.816. The van der Waals surface area contributed by atoms with Crippen molar-refractivity contribution in [3.05, 3.63) is 48.5 Å². The molecule has 2 aromatic carbocycles. The van der Waals surface area contributed by atoms with Crippen LogP contribution in [-0.2, 0) is 20.0 Å². The molecule has 0 saturated carbocycles. The topological polar surface area (TPSA) is 111 Å². The average molecular weight is 457 g/mol. The normalized spacial score (nSPS) is 11.7. The molecule has 0 aliphatic heterocycles. The van der Waals surface area contributed by atoms with Gasteiger partial charge in [-0.1, -0.05) is 37.1 Å². The zero-order chi connectivity index (χ0) is 22.0. The van der Waals surface area contributed by atoms with Crippen LogP contribution in [0.1, 0.15) is 25.7 Å². The highest BCUT2D eigenvalue weighted by atomic mass is 32.2. The van der Waals surface area contributed by atoms with E-state index in [1.165, 1.54) is 14.2 Å². The number of sulfonamides is 2. The molecule has 0 bridgehead atoms. The van der Waals surface area contributed by atoms with Crippen molar-refractivity contribution in [3.8, 4) is 11.5 Å². The summed E-state index contributed by atoms with van der Waals surface area (Å²) in [7, 11) is -4.06. The molecule has 0 spiro atoms. The Kier molecular flexibility index (Phi) is 8.79. The maximum absolute atomic E-state index is 12.2. The van der Waals surface area contributed by atoms with Gasteiger partial charge in [0.15, 0.2) is 0 Å². The van der Waals surface area contributed by atoms with Gasteiger partial charge in [0.05, 0.1) is 37.1 Å². The molecule has 2 N–H and O–H groups in total. The van der Waals surface area contributed by atoms with Gasteiger partial charge in [0.1, 0.15) is 11.5 Å². The molecule has 8 nitrogen and oxygen atoms in total. The minimum atomic E-state index is -3.51. The van der Waals surface area contributed by atoms with Crippen molar-refractivity contribution >= 4 is 31.4 Å². The molecule has 0 heterocycles. The van der Waals surface area contributed by atoms with Gasteiger partial charge in [0.25, 0.3) is 0 Å². The van der Waals surface area contributed by atoms with Gasteiger partial charge in [0, 0.05) is 0 Å². The Morgan fingerprint density at radius 1 is 0.633 bits per heavy atom. The number of ether oxygens (including phenoxy) is 2. The van der Waals surface area contributed by atoms with E-state index in [4.69, 9.17) is 9.47 Å². The lowest BCUT2D eigenvalue weighted by Gasteiger charge is -2.12. The van der Waals surface area contributed by atoms with Crippen molar-refractivity contribution in [2.45, 2.75) is 25.7 Å². The molecule has 0 radical (unpaired) electrons. The van der Waals surface area contributed by atoms with E-state index in [9.17, 15) is 16.8 Å². The first-order valence-electron chi connectivity index (χ1n) is 9.53. The Labute approximate surface area is 178 Å². The van der Waals surface area contributed by atoms with E-state index in [-0.39, 0.29) is 11.5 Å². The predicted octanol–water partition coefficient (Wildman–Crippen LogP) is 3.45. The van der Waals surface area contributed by atoms with Crippen molar-refractivity contribution < 1.29 is 26.3 Å². The lowest BCUT2D eigenvalue weighted by molar-refractivity contribution is 0.417. The Morgan fingerprint density at radius 2 is 1.00 bits per heavy atom. The smallest absolute Gasteiger partial charge is 0.232 e. The van der Waals surface area contributed by atoms with Crippen LogP contribution in [0.5, 0.6) is 11.5 Å². The summed E-state index contributed by atoms with van der Waals surface area (Å²) in [6.07, 6.45) is 2.09. The summed E-state index contributed by atoms with van der Waals surface area (Å²) < 4.78 is 64.3. The maximum Gasteiger partial charge on any atom is 0.232 e. The number of para-hydroxylation sites is 4. The second-order valence-electron chi connectivity index (χ2n) is 6.66. The van der Waals surface area contributed by atoms with Gasteiger partial charge < -0.3 is 9.47 Å². The number of unbranched alkanes of at least 4 members (excludes halogenated alkanes) is 3. The number of rotatable bonds is 13. The van der Waals surface area contributed by atoms with Crippen molar-refractivity contribution in [3.63, 3.8) is 0 Å². The largest absolute Gasteiger partial charge is 0.495 e. The van der Waals surface area contributed by atoms with Crippen LogP contribution in [-0.4, -0.2) is 42.6 Å². The molecule has 0 aromatic heterocycles. The first-order chi connectivity index (χ1) is 14.3. The third-order valence-electron chi connectivity index (χ3n) is 4.32. The fourth-order valence-corrected chi connectivity index (χ4v) is 5.21. The van der Waals surface area contributed by atoms with Gasteiger partial charge in [0.2, 0.25) is 20.0 Å². The average Bonchev–Trinajstić information content (AvgIpc) is 2.70. The minimum absolute atomic E-state index is 0.0444. The number of hydrogen-bond donors (Lipinski definition) is 2. The Hall–Kier alpha value is -2.46. The van der Waals surface area contributed by atoms with Gasteiger partial charge >= 0.3 is 0 Å². The van der Waals surface area contributed by atoms with E-state index in [1.54, 1.807) is 48.5 Å². The molecule has 2 aromatic rings. The Morgan fingerprint density at radius 3 is 1.37 bits per heavy atom. The van der Waals surface area contributed by atoms with Crippen molar-refractivity contribution in [2.24, 2.45) is 0 Å². The number of anilines is 2. The van der Waals surface area contributed by atoms with Crippen LogP contribution in [0, 0.1) is 0 Å². The van der Waals surface area contributed by atoms with Crippen LogP contribution in [0.2, 0.25) is 0 Å². The van der Waals surface area contributed by atoms with E-state index in [0.29, 0.717) is 48.6 Å². The Balaban J connectivity index is 1.73. The van der Waals surface area contributed by atoms with Crippen LogP contribution in [0.15, 0.2) is 48.5 Å². The second kappa shape index (κ2) is 11.1. The molecular formula is C20H28N2O6S2. The summed E-state index contributed by atoms with van der Waals surface area (Å²) >= 11 is 0. The summed E-state index contributed by atoms with van der Waals surface area (Å²) in [6.45, 7) is 0. The second-order valence-corrected chi connectivity index (χ2v) is 10.3. The highest BCUT2D eigenvalue weighted by Gasteiger charge is 2.15. The molecule has 0 fully saturated rings. The van der Waals surface area contributed by atoms with Crippen molar-refractivity contribution in [1.82, 2.24) is 0 Å². The zero-order valence-electron chi connectivity index (χ0n) is 17.1. The van der Waals surface area contributed by atoms with Crippen LogP contribution in [0.4, 0.5) is 11.4 Å². The summed E-state index contributed by atoms with van der Waals surface area (Å²) in [6, 6.07) is 13.6. The standard InChI is InChI=1S/C20H28N2O6S2/c1-27-19-13-7-5-11-17(19)21-29(23,24)15-9-3-4-10-16-30(25,26)22-18-12-6-8-14-20(18)28-2/h5-8,11-14,21-22H,3-4,9-10,15-16H2,1-2H3. The lowest BCUT2D eigenvalue weighted by atomic mass is 10.2. The molecule has 0 amide bonds. The molecule has 0 aliphatic carbocycles.